The van der Waals surface area contributed by atoms with Crippen molar-refractivity contribution >= 4 is 21.8 Å². The van der Waals surface area contributed by atoms with Crippen molar-refractivity contribution in [1.82, 2.24) is 14.9 Å². The van der Waals surface area contributed by atoms with Gasteiger partial charge in [0.2, 0.25) is 10.0 Å². The summed E-state index contributed by atoms with van der Waals surface area (Å²) >= 11 is 0. The first-order valence-corrected chi connectivity index (χ1v) is 13.3. The van der Waals surface area contributed by atoms with Gasteiger partial charge >= 0.3 is 11.8 Å². The molecule has 1 heterocycles. The van der Waals surface area contributed by atoms with Crippen LogP contribution >= 0.6 is 0 Å². The molecule has 0 bridgehead atoms. The van der Waals surface area contributed by atoms with E-state index in [2.05, 4.69) is 10.6 Å². The Morgan fingerprint density at radius 1 is 0.941 bits per heavy atom. The number of benzene rings is 2. The molecule has 2 N–H and O–H groups in total. The number of piperidine rings is 1. The van der Waals surface area contributed by atoms with E-state index >= 15 is 0 Å². The van der Waals surface area contributed by atoms with Gasteiger partial charge in [-0.15, -0.1) is 0 Å². The summed E-state index contributed by atoms with van der Waals surface area (Å²) in [4.78, 5) is 24.8. The maximum absolute atomic E-state index is 13.6. The van der Waals surface area contributed by atoms with Crippen molar-refractivity contribution in [2.75, 3.05) is 13.1 Å². The highest BCUT2D eigenvalue weighted by Gasteiger charge is 2.35. The molecule has 0 spiro atoms. The number of sulfonamides is 1. The van der Waals surface area contributed by atoms with E-state index in [1.165, 1.54) is 0 Å². The summed E-state index contributed by atoms with van der Waals surface area (Å²) in [5, 5.41) is 5.29. The van der Waals surface area contributed by atoms with Crippen LogP contribution in [0.4, 0.5) is 0 Å². The smallest absolute Gasteiger partial charge is 0.309 e. The molecule has 0 aromatic heterocycles. The lowest BCUT2D eigenvalue weighted by molar-refractivity contribution is -0.139. The average Bonchev–Trinajstić information content (AvgIpc) is 2.77. The van der Waals surface area contributed by atoms with E-state index in [1.807, 2.05) is 64.1 Å². The number of carbonyl (C=O) groups excluding carboxylic acids is 2. The Morgan fingerprint density at radius 2 is 1.59 bits per heavy atom. The number of hydrogen-bond donors (Lipinski definition) is 2. The van der Waals surface area contributed by atoms with Gasteiger partial charge in [-0.1, -0.05) is 48.4 Å². The van der Waals surface area contributed by atoms with Crippen LogP contribution in [0.2, 0.25) is 0 Å². The first-order valence-electron chi connectivity index (χ1n) is 11.8. The van der Waals surface area contributed by atoms with E-state index in [-0.39, 0.29) is 19.1 Å². The Bertz CT molecular complexity index is 1140. The molecule has 3 rings (SSSR count). The summed E-state index contributed by atoms with van der Waals surface area (Å²) in [6.45, 7) is 8.56. The van der Waals surface area contributed by atoms with Crippen molar-refractivity contribution in [3.05, 3.63) is 64.2 Å². The van der Waals surface area contributed by atoms with Crippen LogP contribution in [0.15, 0.2) is 41.3 Å². The highest BCUT2D eigenvalue weighted by molar-refractivity contribution is 7.89. The lowest BCUT2D eigenvalue weighted by atomic mass is 10.0. The molecule has 0 aliphatic carbocycles. The number of nitrogens with zero attached hydrogens (tertiary/aromatic N) is 1. The molecule has 2 aromatic rings. The van der Waals surface area contributed by atoms with Gasteiger partial charge in [0.15, 0.2) is 0 Å². The second-order valence-corrected chi connectivity index (χ2v) is 11.0. The zero-order valence-electron chi connectivity index (χ0n) is 20.5. The summed E-state index contributed by atoms with van der Waals surface area (Å²) in [6.07, 6.45) is 2.94. The zero-order valence-corrected chi connectivity index (χ0v) is 21.3. The average molecular weight is 486 g/mol. The molecule has 7 nitrogen and oxygen atoms in total. The monoisotopic (exact) mass is 485 g/mol. The zero-order chi connectivity index (χ0) is 24.9. The normalized spacial score (nSPS) is 16.8. The highest BCUT2D eigenvalue weighted by Crippen LogP contribution is 2.31. The summed E-state index contributed by atoms with van der Waals surface area (Å²) < 4.78 is 28.7. The van der Waals surface area contributed by atoms with Crippen molar-refractivity contribution in [2.45, 2.75) is 70.9 Å². The third kappa shape index (κ3) is 6.04. The van der Waals surface area contributed by atoms with Gasteiger partial charge in [0.25, 0.3) is 0 Å². The van der Waals surface area contributed by atoms with Gasteiger partial charge in [-0.3, -0.25) is 9.59 Å². The molecule has 2 amide bonds. The fourth-order valence-electron chi connectivity index (χ4n) is 4.77. The molecule has 1 aliphatic rings. The Balaban J connectivity index is 1.59. The van der Waals surface area contributed by atoms with Gasteiger partial charge < -0.3 is 10.6 Å². The van der Waals surface area contributed by atoms with Gasteiger partial charge in [-0.2, -0.15) is 4.31 Å². The Kier molecular flexibility index (Phi) is 8.49. The molecule has 1 fully saturated rings. The fourth-order valence-corrected chi connectivity index (χ4v) is 6.91. The maximum Gasteiger partial charge on any atom is 0.309 e. The van der Waals surface area contributed by atoms with Crippen molar-refractivity contribution < 1.29 is 18.0 Å². The lowest BCUT2D eigenvalue weighted by Crippen LogP contribution is -2.46. The third-order valence-corrected chi connectivity index (χ3v) is 8.67. The highest BCUT2D eigenvalue weighted by atomic mass is 32.2. The second-order valence-electron chi connectivity index (χ2n) is 9.15. The minimum atomic E-state index is -3.66. The fraction of sp³-hybridized carbons (Fsp3) is 0.462. The van der Waals surface area contributed by atoms with E-state index in [4.69, 9.17) is 0 Å². The van der Waals surface area contributed by atoms with E-state index in [0.717, 1.165) is 47.1 Å². The van der Waals surface area contributed by atoms with Gasteiger partial charge in [-0.25, -0.2) is 8.42 Å². The molecule has 0 radical (unpaired) electrons. The standard InChI is InChI=1S/C26H35N3O4S/c1-18-15-20(3)24(21(4)16-18)34(32,33)29-14-8-7-11-23(29)12-13-27-25(30)26(31)28-17-22-10-6-5-9-19(22)2/h5-6,9-10,15-16,23H,7-8,11-14,17H2,1-4H3,(H,27,30)(H,28,31)/t23-/m0/s1. The molecule has 8 heteroatoms. The van der Waals surface area contributed by atoms with Crippen LogP contribution in [0.5, 0.6) is 0 Å². The van der Waals surface area contributed by atoms with Gasteiger partial charge in [0.1, 0.15) is 0 Å². The molecule has 1 aliphatic heterocycles. The molecule has 1 saturated heterocycles. The Hall–Kier alpha value is -2.71. The van der Waals surface area contributed by atoms with Crippen LogP contribution in [0.1, 0.15) is 53.5 Å². The van der Waals surface area contributed by atoms with E-state index in [0.29, 0.717) is 17.9 Å². The van der Waals surface area contributed by atoms with Crippen LogP contribution in [0.25, 0.3) is 0 Å². The van der Waals surface area contributed by atoms with Gasteiger partial charge in [0.05, 0.1) is 4.90 Å². The quantitative estimate of drug-likeness (QED) is 0.589. The lowest BCUT2D eigenvalue weighted by Gasteiger charge is -2.35. The predicted octanol–water partition coefficient (Wildman–Crippen LogP) is 3.29. The van der Waals surface area contributed by atoms with Crippen LogP contribution in [-0.2, 0) is 26.2 Å². The molecular weight excluding hydrogens is 450 g/mol. The van der Waals surface area contributed by atoms with Crippen molar-refractivity contribution in [3.8, 4) is 0 Å². The Labute approximate surface area is 203 Å². The molecule has 0 unspecified atom stereocenters. The largest absolute Gasteiger partial charge is 0.348 e. The molecular formula is C26H35N3O4S. The number of carbonyl (C=O) groups is 2. The predicted molar refractivity (Wildman–Crippen MR) is 133 cm³/mol. The van der Waals surface area contributed by atoms with Crippen molar-refractivity contribution in [2.24, 2.45) is 0 Å². The molecule has 184 valence electrons. The third-order valence-electron chi connectivity index (χ3n) is 6.41. The van der Waals surface area contributed by atoms with Gasteiger partial charge in [-0.05, 0) is 69.2 Å². The molecule has 1 atom stereocenters. The minimum absolute atomic E-state index is 0.214. The summed E-state index contributed by atoms with van der Waals surface area (Å²) in [5.74, 6) is -1.40. The first kappa shape index (κ1) is 25.9. The molecule has 0 saturated carbocycles. The van der Waals surface area contributed by atoms with Crippen molar-refractivity contribution in [3.63, 3.8) is 0 Å². The maximum atomic E-state index is 13.6. The van der Waals surface area contributed by atoms with Crippen molar-refractivity contribution in [1.29, 1.82) is 0 Å². The van der Waals surface area contributed by atoms with E-state index < -0.39 is 21.8 Å². The first-order chi connectivity index (χ1) is 16.1. The van der Waals surface area contributed by atoms with Crippen LogP contribution in [0.3, 0.4) is 0 Å². The SMILES string of the molecule is Cc1cc(C)c(S(=O)(=O)N2CCCC[C@H]2CCNC(=O)C(=O)NCc2ccccc2C)c(C)c1. The molecule has 2 aromatic carbocycles. The van der Waals surface area contributed by atoms with E-state index in [9.17, 15) is 18.0 Å². The van der Waals surface area contributed by atoms with Crippen LogP contribution in [-0.4, -0.2) is 43.7 Å². The van der Waals surface area contributed by atoms with Gasteiger partial charge in [0, 0.05) is 25.7 Å². The Morgan fingerprint density at radius 3 is 2.26 bits per heavy atom. The number of rotatable bonds is 7. The summed E-state index contributed by atoms with van der Waals surface area (Å²) in [7, 11) is -3.66. The summed E-state index contributed by atoms with van der Waals surface area (Å²) in [5.41, 5.74) is 4.53. The topological polar surface area (TPSA) is 95.6 Å². The number of hydrogen-bond acceptors (Lipinski definition) is 4. The van der Waals surface area contributed by atoms with E-state index in [1.54, 1.807) is 4.31 Å². The van der Waals surface area contributed by atoms with Crippen LogP contribution < -0.4 is 10.6 Å². The number of nitrogens with one attached hydrogen (secondary N) is 2. The molecule has 34 heavy (non-hydrogen) atoms. The van der Waals surface area contributed by atoms with Crippen LogP contribution in [0, 0.1) is 27.7 Å². The number of aryl methyl sites for hydroxylation is 4. The number of amides is 2. The second kappa shape index (κ2) is 11.1. The minimum Gasteiger partial charge on any atom is -0.348 e. The summed E-state index contributed by atoms with van der Waals surface area (Å²) in [6, 6.07) is 11.2.